The molecule has 1 aliphatic heterocycles. The summed E-state index contributed by atoms with van der Waals surface area (Å²) in [5.74, 6) is 0. The van der Waals surface area contributed by atoms with Gasteiger partial charge in [0.15, 0.2) is 6.23 Å². The van der Waals surface area contributed by atoms with Crippen molar-refractivity contribution in [1.82, 2.24) is 9.55 Å². The lowest BCUT2D eigenvalue weighted by atomic mass is 9.93. The van der Waals surface area contributed by atoms with Crippen LogP contribution in [0, 0.1) is 0 Å². The minimum Gasteiger partial charge on any atom is -0.394 e. The molecule has 0 radical (unpaired) electrons. The first-order valence-electron chi connectivity index (χ1n) is 5.88. The lowest BCUT2D eigenvalue weighted by molar-refractivity contribution is -0.0485. The van der Waals surface area contributed by atoms with Gasteiger partial charge in [-0.25, -0.2) is 4.79 Å². The highest BCUT2D eigenvalue weighted by atomic mass is 127. The second-order valence-corrected chi connectivity index (χ2v) is 5.25. The van der Waals surface area contributed by atoms with Crippen molar-refractivity contribution >= 4 is 22.6 Å². The number of alkyl halides is 1. The van der Waals surface area contributed by atoms with Crippen LogP contribution in [0.2, 0.25) is 0 Å². The van der Waals surface area contributed by atoms with E-state index in [9.17, 15) is 19.8 Å². The molecule has 0 saturated carbocycles. The van der Waals surface area contributed by atoms with E-state index in [0.717, 1.165) is 10.6 Å². The normalized spacial score (nSPS) is 31.9. The average Bonchev–Trinajstić information content (AvgIpc) is 2.73. The van der Waals surface area contributed by atoms with Crippen molar-refractivity contribution < 1.29 is 14.9 Å². The molecule has 114 valence electrons. The number of rotatable bonds is 4. The number of H-pyrrole nitrogens is 1. The number of halogens is 1. The Bertz CT molecular complexity index is 683. The summed E-state index contributed by atoms with van der Waals surface area (Å²) in [5, 5.41) is 23.1. The third kappa shape index (κ3) is 2.58. The van der Waals surface area contributed by atoms with Crippen LogP contribution in [0.25, 0.3) is 10.4 Å². The molecule has 4 atom stereocenters. The maximum atomic E-state index is 11.9. The molecule has 0 aliphatic carbocycles. The Balaban J connectivity index is 2.61. The molecular weight excluding hydrogens is 397 g/mol. The van der Waals surface area contributed by atoms with E-state index in [1.54, 1.807) is 0 Å². The van der Waals surface area contributed by atoms with Gasteiger partial charge in [0.2, 0.25) is 0 Å². The Morgan fingerprint density at radius 2 is 2.33 bits per heavy atom. The lowest BCUT2D eigenvalue weighted by Gasteiger charge is -2.30. The summed E-state index contributed by atoms with van der Waals surface area (Å²) >= 11 is 1.89. The quantitative estimate of drug-likeness (QED) is 0.197. The Labute approximate surface area is 131 Å². The molecule has 0 bridgehead atoms. The molecule has 0 aromatic carbocycles. The van der Waals surface area contributed by atoms with Crippen LogP contribution in [0.1, 0.15) is 6.23 Å². The molecule has 10 nitrogen and oxygen atoms in total. The van der Waals surface area contributed by atoms with E-state index in [2.05, 4.69) is 15.0 Å². The van der Waals surface area contributed by atoms with Gasteiger partial charge in [-0.3, -0.25) is 14.3 Å². The van der Waals surface area contributed by atoms with Gasteiger partial charge in [0.05, 0.1) is 12.7 Å². The summed E-state index contributed by atoms with van der Waals surface area (Å²) < 4.78 is 6.62. The minimum atomic E-state index is -1.47. The molecular formula is C10H12IN5O5. The number of hydrogen-bond acceptors (Lipinski definition) is 6. The molecule has 1 aromatic heterocycles. The van der Waals surface area contributed by atoms with Crippen LogP contribution in [-0.2, 0) is 4.74 Å². The number of aliphatic hydroxyl groups is 2. The third-order valence-corrected chi connectivity index (χ3v) is 4.55. The molecule has 11 heteroatoms. The van der Waals surface area contributed by atoms with Crippen molar-refractivity contribution in [3.63, 3.8) is 0 Å². The number of aliphatic hydroxyl groups excluding tert-OH is 2. The van der Waals surface area contributed by atoms with E-state index in [0.29, 0.717) is 0 Å². The molecule has 1 aromatic rings. The van der Waals surface area contributed by atoms with E-state index < -0.39 is 41.8 Å². The van der Waals surface area contributed by atoms with Crippen molar-refractivity contribution in [3.05, 3.63) is 43.5 Å². The number of ether oxygens (including phenoxy) is 1. The van der Waals surface area contributed by atoms with Crippen LogP contribution in [0.3, 0.4) is 0 Å². The zero-order valence-electron chi connectivity index (χ0n) is 10.6. The number of nitrogens with zero attached hydrogens (tertiary/aromatic N) is 4. The van der Waals surface area contributed by atoms with Crippen molar-refractivity contribution in [2.75, 3.05) is 11.0 Å². The van der Waals surface area contributed by atoms with Crippen molar-refractivity contribution in [1.29, 1.82) is 0 Å². The number of aromatic nitrogens is 2. The number of nitrogens with one attached hydrogen (secondary N) is 1. The highest BCUT2D eigenvalue weighted by molar-refractivity contribution is 14.1. The van der Waals surface area contributed by atoms with Gasteiger partial charge in [0.25, 0.3) is 5.56 Å². The Kier molecular flexibility index (Phi) is 4.68. The van der Waals surface area contributed by atoms with Crippen LogP contribution in [0.15, 0.2) is 27.0 Å². The van der Waals surface area contributed by atoms with Crippen LogP contribution in [0.5, 0.6) is 0 Å². The van der Waals surface area contributed by atoms with Gasteiger partial charge in [-0.2, -0.15) is 0 Å². The van der Waals surface area contributed by atoms with Gasteiger partial charge in [-0.1, -0.05) is 27.7 Å². The first-order chi connectivity index (χ1) is 10.00. The first-order valence-corrected chi connectivity index (χ1v) is 7.41. The van der Waals surface area contributed by atoms with Gasteiger partial charge in [0, 0.05) is 21.6 Å². The zero-order valence-corrected chi connectivity index (χ0v) is 12.7. The van der Waals surface area contributed by atoms with Crippen LogP contribution in [0.4, 0.5) is 0 Å². The lowest BCUT2D eigenvalue weighted by Crippen LogP contribution is -2.48. The highest BCUT2D eigenvalue weighted by Gasteiger charge is 2.56. The molecule has 2 heterocycles. The standard InChI is InChI=1S/C10H12IN5O5/c11-4-10(14-15-12)7(19)5(3-17)21-8(10)16-2-1-6(18)13-9(16)20/h1-2,5,7-8,17,19H,3-4H2,(H,13,18,20)/t5-,7-,8-,10-/m1/s1. The highest BCUT2D eigenvalue weighted by Crippen LogP contribution is 2.42. The fourth-order valence-corrected chi connectivity index (χ4v) is 3.23. The Hall–Kier alpha value is -1.40. The molecule has 0 spiro atoms. The van der Waals surface area contributed by atoms with E-state index in [4.69, 9.17) is 10.3 Å². The summed E-state index contributed by atoms with van der Waals surface area (Å²) in [6, 6.07) is 1.11. The van der Waals surface area contributed by atoms with E-state index >= 15 is 0 Å². The van der Waals surface area contributed by atoms with Crippen molar-refractivity contribution in [2.24, 2.45) is 5.11 Å². The average molecular weight is 409 g/mol. The Morgan fingerprint density at radius 1 is 1.62 bits per heavy atom. The van der Waals surface area contributed by atoms with Crippen LogP contribution in [-0.4, -0.2) is 48.5 Å². The van der Waals surface area contributed by atoms with E-state index in [1.807, 2.05) is 22.6 Å². The second kappa shape index (κ2) is 6.15. The van der Waals surface area contributed by atoms with Crippen LogP contribution < -0.4 is 11.2 Å². The first kappa shape index (κ1) is 16.0. The van der Waals surface area contributed by atoms with Gasteiger partial charge in [0.1, 0.15) is 11.6 Å². The molecule has 0 amide bonds. The topological polar surface area (TPSA) is 153 Å². The van der Waals surface area contributed by atoms with Crippen LogP contribution >= 0.6 is 22.6 Å². The number of azide groups is 1. The van der Waals surface area contributed by atoms with Gasteiger partial charge < -0.3 is 14.9 Å². The van der Waals surface area contributed by atoms with Crippen molar-refractivity contribution in [3.8, 4) is 0 Å². The summed E-state index contributed by atoms with van der Waals surface area (Å²) in [6.45, 7) is -0.505. The third-order valence-electron chi connectivity index (χ3n) is 3.32. The van der Waals surface area contributed by atoms with Crippen molar-refractivity contribution in [2.45, 2.75) is 24.0 Å². The van der Waals surface area contributed by atoms with E-state index in [1.165, 1.54) is 6.20 Å². The number of aromatic amines is 1. The summed E-state index contributed by atoms with van der Waals surface area (Å²) in [7, 11) is 0. The fraction of sp³-hybridized carbons (Fsp3) is 0.600. The monoisotopic (exact) mass is 409 g/mol. The molecule has 0 unspecified atom stereocenters. The van der Waals surface area contributed by atoms with E-state index in [-0.39, 0.29) is 4.43 Å². The minimum absolute atomic E-state index is 0.142. The molecule has 21 heavy (non-hydrogen) atoms. The molecule has 1 fully saturated rings. The van der Waals surface area contributed by atoms with Gasteiger partial charge in [-0.05, 0) is 5.53 Å². The molecule has 3 N–H and O–H groups in total. The van der Waals surface area contributed by atoms with Gasteiger partial charge in [-0.15, -0.1) is 0 Å². The fourth-order valence-electron chi connectivity index (χ4n) is 2.25. The SMILES string of the molecule is [N-]=[N+]=N[C@]1(CI)[C@H](O)[C@@H](CO)O[C@H]1n1ccc(=O)[nH]c1=O. The summed E-state index contributed by atoms with van der Waals surface area (Å²) in [4.78, 5) is 27.8. The maximum Gasteiger partial charge on any atom is 0.330 e. The Morgan fingerprint density at radius 3 is 2.86 bits per heavy atom. The summed E-state index contributed by atoms with van der Waals surface area (Å²) in [6.07, 6.45) is -2.25. The smallest absolute Gasteiger partial charge is 0.330 e. The summed E-state index contributed by atoms with van der Waals surface area (Å²) in [5.41, 5.74) is 5.94. The molecule has 1 aliphatic rings. The maximum absolute atomic E-state index is 11.9. The largest absolute Gasteiger partial charge is 0.394 e. The zero-order chi connectivity index (χ0) is 15.6. The predicted molar refractivity (Wildman–Crippen MR) is 79.1 cm³/mol. The predicted octanol–water partition coefficient (Wildman–Crippen LogP) is -0.729. The second-order valence-electron chi connectivity index (χ2n) is 4.49. The molecule has 2 rings (SSSR count). The molecule has 1 saturated heterocycles. The number of hydrogen-bond donors (Lipinski definition) is 3. The van der Waals surface area contributed by atoms with Gasteiger partial charge >= 0.3 is 5.69 Å².